The van der Waals surface area contributed by atoms with Gasteiger partial charge in [-0.3, -0.25) is 0 Å². The normalized spacial score (nSPS) is 8.67. The fraction of sp³-hybridized carbons (Fsp3) is 0. The third kappa shape index (κ3) is 0.490. The molecule has 0 fully saturated rings. The van der Waals surface area contributed by atoms with Gasteiger partial charge in [0, 0.05) is 0 Å². The molecule has 31 valence electrons. The van der Waals surface area contributed by atoms with Crippen LogP contribution in [0.1, 0.15) is 0 Å². The smallest absolute Gasteiger partial charge is 0.301 e. The zero-order chi connectivity index (χ0) is 4.41. The summed E-state index contributed by atoms with van der Waals surface area (Å²) in [6.07, 6.45) is 2.38. The average molecular weight is 100 g/mol. The predicted molar refractivity (Wildman–Crippen MR) is 22.1 cm³/mol. The Hall–Kier alpha value is -0.570. The summed E-state index contributed by atoms with van der Waals surface area (Å²) in [5, 5.41) is 11.5. The van der Waals surface area contributed by atoms with Gasteiger partial charge in [-0.05, 0) is 0 Å². The first-order chi connectivity index (χ1) is 2.89. The molecular weight excluding hydrogens is 98.1 g/mol. The summed E-state index contributed by atoms with van der Waals surface area (Å²) < 4.78 is 0.644. The molecule has 1 aromatic rings. The second-order valence-electron chi connectivity index (χ2n) is 0.814. The van der Waals surface area contributed by atoms with Crippen LogP contribution < -0.4 is 4.73 Å². The van der Waals surface area contributed by atoms with Gasteiger partial charge < -0.3 is 5.21 Å². The highest BCUT2D eigenvalue weighted by Gasteiger charge is 1.81. The van der Waals surface area contributed by atoms with E-state index in [0.717, 1.165) is 0 Å². The van der Waals surface area contributed by atoms with Gasteiger partial charge in [-0.1, -0.05) is 11.3 Å². The lowest BCUT2D eigenvalue weighted by Crippen LogP contribution is -2.20. The van der Waals surface area contributed by atoms with Gasteiger partial charge >= 0.3 is 6.20 Å². The van der Waals surface area contributed by atoms with Crippen LogP contribution >= 0.6 is 11.3 Å². The largest absolute Gasteiger partial charge is 0.617 e. The Bertz CT molecular complexity index is 114. The second-order valence-corrected chi connectivity index (χ2v) is 1.53. The topological polar surface area (TPSA) is 26.9 Å². The maximum Gasteiger partial charge on any atom is 0.301 e. The second kappa shape index (κ2) is 1.26. The number of hydrogen-bond donors (Lipinski definition) is 0. The lowest BCUT2D eigenvalue weighted by molar-refractivity contribution is -0.604. The highest BCUT2D eigenvalue weighted by Crippen LogP contribution is 1.83. The van der Waals surface area contributed by atoms with E-state index in [2.05, 4.69) is 6.20 Å². The van der Waals surface area contributed by atoms with Crippen LogP contribution in [0.4, 0.5) is 0 Å². The summed E-state index contributed by atoms with van der Waals surface area (Å²) in [7, 11) is 0. The number of rotatable bonds is 0. The zero-order valence-corrected chi connectivity index (χ0v) is 3.73. The molecule has 1 aromatic heterocycles. The molecular formula is C3H2NOS. The molecule has 2 nitrogen and oxygen atoms in total. The van der Waals surface area contributed by atoms with E-state index >= 15 is 0 Å². The van der Waals surface area contributed by atoms with Crippen molar-refractivity contribution in [3.8, 4) is 0 Å². The van der Waals surface area contributed by atoms with Gasteiger partial charge in [-0.2, -0.15) is 4.73 Å². The molecule has 0 aliphatic carbocycles. The fourth-order valence-electron chi connectivity index (χ4n) is 0.199. The first-order valence-electron chi connectivity index (χ1n) is 1.42. The third-order valence-electron chi connectivity index (χ3n) is 0.405. The van der Waals surface area contributed by atoms with Gasteiger partial charge in [0.15, 0.2) is 0 Å². The van der Waals surface area contributed by atoms with Crippen LogP contribution in [0.3, 0.4) is 0 Å². The quantitative estimate of drug-likeness (QED) is 0.337. The summed E-state index contributed by atoms with van der Waals surface area (Å²) in [6.45, 7) is 0. The van der Waals surface area contributed by atoms with Crippen LogP contribution in [-0.2, 0) is 0 Å². The summed E-state index contributed by atoms with van der Waals surface area (Å²) in [4.78, 5) is 0. The molecule has 0 saturated carbocycles. The van der Waals surface area contributed by atoms with Gasteiger partial charge in [-0.15, -0.1) is 0 Å². The standard InChI is InChI=1S/C3H2NOS/c5-4-1-2-6-3-4/h2-3H. The van der Waals surface area contributed by atoms with Crippen LogP contribution in [0.5, 0.6) is 0 Å². The first kappa shape index (κ1) is 3.61. The van der Waals surface area contributed by atoms with E-state index in [9.17, 15) is 5.21 Å². The Morgan fingerprint density at radius 2 is 2.67 bits per heavy atom. The van der Waals surface area contributed by atoms with Crippen LogP contribution in [-0.4, -0.2) is 0 Å². The SMILES string of the molecule is [O-][n+]1[c]csc1. The molecule has 0 spiro atoms. The minimum atomic E-state index is 0.644. The molecule has 6 heavy (non-hydrogen) atoms. The number of nitrogens with zero attached hydrogens (tertiary/aromatic N) is 1. The minimum absolute atomic E-state index is 0.644. The van der Waals surface area contributed by atoms with E-state index < -0.39 is 0 Å². The van der Waals surface area contributed by atoms with Crippen LogP contribution in [0.15, 0.2) is 10.9 Å². The Balaban J connectivity index is 3.05. The summed E-state index contributed by atoms with van der Waals surface area (Å²) in [6, 6.07) is 0. The molecule has 0 bridgehead atoms. The minimum Gasteiger partial charge on any atom is -0.617 e. The number of hydrogen-bond acceptors (Lipinski definition) is 2. The third-order valence-corrected chi connectivity index (χ3v) is 0.959. The highest BCUT2D eigenvalue weighted by molar-refractivity contribution is 7.07. The molecule has 1 heterocycles. The van der Waals surface area contributed by atoms with Gasteiger partial charge in [0.25, 0.3) is 0 Å². The molecule has 0 aliphatic heterocycles. The maximum absolute atomic E-state index is 9.94. The summed E-state index contributed by atoms with van der Waals surface area (Å²) in [5.41, 5.74) is 1.43. The van der Waals surface area contributed by atoms with Crippen molar-refractivity contribution >= 4 is 11.3 Å². The van der Waals surface area contributed by atoms with Crippen LogP contribution in [0.25, 0.3) is 0 Å². The van der Waals surface area contributed by atoms with E-state index in [1.54, 1.807) is 5.38 Å². The summed E-state index contributed by atoms with van der Waals surface area (Å²) >= 11 is 1.33. The molecule has 0 aliphatic rings. The Morgan fingerprint density at radius 3 is 2.83 bits per heavy atom. The van der Waals surface area contributed by atoms with Crippen molar-refractivity contribution in [3.63, 3.8) is 0 Å². The van der Waals surface area contributed by atoms with E-state index in [-0.39, 0.29) is 0 Å². The Morgan fingerprint density at radius 1 is 1.83 bits per heavy atom. The molecule has 0 amide bonds. The zero-order valence-electron chi connectivity index (χ0n) is 2.92. The van der Waals surface area contributed by atoms with Crippen molar-refractivity contribution in [2.45, 2.75) is 0 Å². The van der Waals surface area contributed by atoms with Crippen molar-refractivity contribution in [1.82, 2.24) is 0 Å². The van der Waals surface area contributed by atoms with Gasteiger partial charge in [0.1, 0.15) is 0 Å². The van der Waals surface area contributed by atoms with Crippen LogP contribution in [0, 0.1) is 11.4 Å². The van der Waals surface area contributed by atoms with E-state index in [0.29, 0.717) is 4.73 Å². The van der Waals surface area contributed by atoms with Gasteiger partial charge in [0.2, 0.25) is 5.51 Å². The molecule has 0 aromatic carbocycles. The molecule has 3 heteroatoms. The van der Waals surface area contributed by atoms with Crippen molar-refractivity contribution in [2.75, 3.05) is 0 Å². The van der Waals surface area contributed by atoms with Crippen molar-refractivity contribution < 1.29 is 4.73 Å². The molecule has 0 unspecified atom stereocenters. The van der Waals surface area contributed by atoms with Crippen molar-refractivity contribution in [1.29, 1.82) is 0 Å². The summed E-state index contributed by atoms with van der Waals surface area (Å²) in [5.74, 6) is 0. The van der Waals surface area contributed by atoms with Crippen molar-refractivity contribution in [2.24, 2.45) is 0 Å². The molecule has 0 saturated heterocycles. The lowest BCUT2D eigenvalue weighted by atomic mass is 11.0. The van der Waals surface area contributed by atoms with Gasteiger partial charge in [0.05, 0.1) is 5.38 Å². The van der Waals surface area contributed by atoms with Crippen molar-refractivity contribution in [3.05, 3.63) is 22.3 Å². The number of thiazole rings is 1. The Kier molecular flexibility index (Phi) is 0.759. The van der Waals surface area contributed by atoms with E-state index in [1.165, 1.54) is 16.8 Å². The Labute approximate surface area is 39.2 Å². The average Bonchev–Trinajstić information content (AvgIpc) is 1.86. The highest BCUT2D eigenvalue weighted by atomic mass is 32.1. The maximum atomic E-state index is 9.94. The molecule has 1 radical (unpaired) electrons. The lowest BCUT2D eigenvalue weighted by Gasteiger charge is -1.77. The number of aromatic nitrogens is 1. The monoisotopic (exact) mass is 100.0 g/mol. The van der Waals surface area contributed by atoms with E-state index in [4.69, 9.17) is 0 Å². The first-order valence-corrected chi connectivity index (χ1v) is 2.37. The molecule has 0 atom stereocenters. The predicted octanol–water partition coefficient (Wildman–Crippen LogP) is 0.182. The molecule has 1 rings (SSSR count). The molecule has 0 N–H and O–H groups in total. The van der Waals surface area contributed by atoms with Gasteiger partial charge in [-0.25, -0.2) is 0 Å². The fourth-order valence-corrected chi connectivity index (χ4v) is 0.596. The van der Waals surface area contributed by atoms with E-state index in [1.807, 2.05) is 0 Å². The van der Waals surface area contributed by atoms with Crippen LogP contribution in [0.2, 0.25) is 0 Å².